The Hall–Kier alpha value is -4.08. The van der Waals surface area contributed by atoms with Crippen LogP contribution in [0.1, 0.15) is 15.9 Å². The summed E-state index contributed by atoms with van der Waals surface area (Å²) >= 11 is 5.80. The molecule has 180 valence electrons. The number of carboxylic acid groups (broad SMARTS) is 1. The second-order valence-corrected chi connectivity index (χ2v) is 8.12. The lowest BCUT2D eigenvalue weighted by Gasteiger charge is -2.12. The van der Waals surface area contributed by atoms with Crippen molar-refractivity contribution in [1.29, 1.82) is 0 Å². The van der Waals surface area contributed by atoms with E-state index in [0.717, 1.165) is 16.7 Å². The van der Waals surface area contributed by atoms with E-state index in [-0.39, 0.29) is 29.7 Å². The molecule has 0 spiro atoms. The van der Waals surface area contributed by atoms with Crippen molar-refractivity contribution in [2.75, 3.05) is 30.6 Å². The van der Waals surface area contributed by atoms with E-state index in [1.165, 1.54) is 18.2 Å². The van der Waals surface area contributed by atoms with Gasteiger partial charge in [-0.1, -0.05) is 29.8 Å². The summed E-state index contributed by atoms with van der Waals surface area (Å²) in [5.41, 5.74) is 3.16. The number of aromatic carboxylic acids is 1. The van der Waals surface area contributed by atoms with E-state index >= 15 is 0 Å². The molecule has 0 saturated heterocycles. The number of carboxylic acids is 1. The number of ether oxygens (including phenoxy) is 3. The molecular formula is C25H21ClN2O7. The summed E-state index contributed by atoms with van der Waals surface area (Å²) in [6.45, 7) is 1.24. The van der Waals surface area contributed by atoms with Crippen LogP contribution in [0.15, 0.2) is 54.6 Å². The Morgan fingerprint density at radius 2 is 1.54 bits per heavy atom. The van der Waals surface area contributed by atoms with Crippen molar-refractivity contribution in [2.24, 2.45) is 0 Å². The van der Waals surface area contributed by atoms with Crippen LogP contribution in [0.25, 0.3) is 11.1 Å². The number of halogens is 1. The quantitative estimate of drug-likeness (QED) is 0.424. The predicted octanol–water partition coefficient (Wildman–Crippen LogP) is 4.34. The lowest BCUT2D eigenvalue weighted by molar-refractivity contribution is -0.125. The van der Waals surface area contributed by atoms with Crippen LogP contribution in [0, 0.1) is 6.92 Å². The summed E-state index contributed by atoms with van der Waals surface area (Å²) in [5.74, 6) is -0.938. The molecule has 0 fully saturated rings. The van der Waals surface area contributed by atoms with Crippen molar-refractivity contribution >= 4 is 40.8 Å². The first-order valence-electron chi connectivity index (χ1n) is 10.5. The van der Waals surface area contributed by atoms with Gasteiger partial charge < -0.3 is 30.0 Å². The molecule has 4 rings (SSSR count). The number of nitrogens with one attached hydrogen (secondary N) is 2. The molecule has 0 unspecified atom stereocenters. The molecule has 3 aromatic carbocycles. The summed E-state index contributed by atoms with van der Waals surface area (Å²) < 4.78 is 16.0. The minimum Gasteiger partial charge on any atom is -0.478 e. The van der Waals surface area contributed by atoms with E-state index in [0.29, 0.717) is 17.2 Å². The number of amides is 2. The van der Waals surface area contributed by atoms with E-state index in [1.54, 1.807) is 0 Å². The van der Waals surface area contributed by atoms with Crippen LogP contribution >= 0.6 is 11.6 Å². The number of aryl methyl sites for hydroxylation is 1. The fourth-order valence-electron chi connectivity index (χ4n) is 3.42. The Balaban J connectivity index is 1.32. The first-order chi connectivity index (χ1) is 16.8. The van der Waals surface area contributed by atoms with E-state index in [1.807, 2.05) is 43.3 Å². The Labute approximate surface area is 205 Å². The van der Waals surface area contributed by atoms with Crippen molar-refractivity contribution < 1.29 is 33.7 Å². The number of rotatable bonds is 8. The first kappa shape index (κ1) is 24.1. The third kappa shape index (κ3) is 5.89. The van der Waals surface area contributed by atoms with E-state index in [9.17, 15) is 19.5 Å². The van der Waals surface area contributed by atoms with Gasteiger partial charge in [0.05, 0.1) is 11.3 Å². The Kier molecular flexibility index (Phi) is 7.19. The summed E-state index contributed by atoms with van der Waals surface area (Å²) in [7, 11) is 0. The molecule has 0 bridgehead atoms. The third-order valence-corrected chi connectivity index (χ3v) is 5.41. The van der Waals surface area contributed by atoms with Crippen LogP contribution in [-0.2, 0) is 14.3 Å². The largest absolute Gasteiger partial charge is 0.478 e. The number of fused-ring (bicyclic) bond motifs is 1. The number of benzene rings is 3. The third-order valence-electron chi connectivity index (χ3n) is 5.17. The molecule has 10 heteroatoms. The maximum absolute atomic E-state index is 12.4. The van der Waals surface area contributed by atoms with Gasteiger partial charge in [-0.15, -0.1) is 0 Å². The molecule has 9 nitrogen and oxygen atoms in total. The van der Waals surface area contributed by atoms with Crippen molar-refractivity contribution in [1.82, 2.24) is 0 Å². The minimum atomic E-state index is -1.23. The number of hydrogen-bond acceptors (Lipinski definition) is 6. The van der Waals surface area contributed by atoms with Crippen LogP contribution in [0.4, 0.5) is 11.4 Å². The highest BCUT2D eigenvalue weighted by molar-refractivity contribution is 6.31. The lowest BCUT2D eigenvalue weighted by atomic mass is 10.0. The highest BCUT2D eigenvalue weighted by Gasteiger charge is 2.16. The van der Waals surface area contributed by atoms with Gasteiger partial charge in [-0.25, -0.2) is 4.79 Å². The molecule has 0 radical (unpaired) electrons. The summed E-state index contributed by atoms with van der Waals surface area (Å²) in [4.78, 5) is 35.8. The van der Waals surface area contributed by atoms with Crippen LogP contribution in [0.3, 0.4) is 0 Å². The van der Waals surface area contributed by atoms with E-state index in [4.69, 9.17) is 25.8 Å². The van der Waals surface area contributed by atoms with Gasteiger partial charge >= 0.3 is 5.97 Å². The Morgan fingerprint density at radius 1 is 0.886 bits per heavy atom. The Morgan fingerprint density at radius 3 is 2.29 bits per heavy atom. The second kappa shape index (κ2) is 10.5. The van der Waals surface area contributed by atoms with Crippen LogP contribution in [0.5, 0.6) is 11.5 Å². The molecule has 0 aliphatic carbocycles. The smallest absolute Gasteiger partial charge is 0.337 e. The van der Waals surface area contributed by atoms with Gasteiger partial charge in [-0.05, 0) is 60.0 Å². The zero-order valence-electron chi connectivity index (χ0n) is 18.6. The molecule has 0 aromatic heterocycles. The van der Waals surface area contributed by atoms with Gasteiger partial charge in [0.25, 0.3) is 0 Å². The van der Waals surface area contributed by atoms with Crippen molar-refractivity contribution in [3.63, 3.8) is 0 Å². The monoisotopic (exact) mass is 496 g/mol. The zero-order chi connectivity index (χ0) is 24.9. The highest BCUT2D eigenvalue weighted by Crippen LogP contribution is 2.36. The standard InChI is InChI=1S/C25H21ClN2O7/c1-14-2-3-15(16-4-7-21-22(9-16)35-13-34-21)8-20(14)28-24(30)12-33-11-23(29)27-19-6-5-17(26)10-18(19)25(31)32/h2-10H,11-13H2,1H3,(H,27,29)(H,28,30)(H,31,32). The van der Waals surface area contributed by atoms with Crippen LogP contribution in [0.2, 0.25) is 5.02 Å². The molecule has 3 N–H and O–H groups in total. The number of carbonyl (C=O) groups is 3. The lowest BCUT2D eigenvalue weighted by Crippen LogP contribution is -2.24. The number of anilines is 2. The topological polar surface area (TPSA) is 123 Å². The molecule has 3 aromatic rings. The van der Waals surface area contributed by atoms with Crippen LogP contribution in [-0.4, -0.2) is 42.9 Å². The molecule has 2 amide bonds. The van der Waals surface area contributed by atoms with E-state index in [2.05, 4.69) is 10.6 Å². The fourth-order valence-corrected chi connectivity index (χ4v) is 3.60. The van der Waals surface area contributed by atoms with Gasteiger partial charge in [0.15, 0.2) is 11.5 Å². The summed E-state index contributed by atoms with van der Waals surface area (Å²) in [5, 5.41) is 14.7. The van der Waals surface area contributed by atoms with Gasteiger partial charge in [0.2, 0.25) is 18.6 Å². The minimum absolute atomic E-state index is 0.0795. The highest BCUT2D eigenvalue weighted by atomic mass is 35.5. The molecule has 0 atom stereocenters. The van der Waals surface area contributed by atoms with Crippen molar-refractivity contribution in [2.45, 2.75) is 6.92 Å². The average Bonchev–Trinajstić information content (AvgIpc) is 3.29. The van der Waals surface area contributed by atoms with E-state index < -0.39 is 24.4 Å². The molecule has 1 heterocycles. The molecule has 35 heavy (non-hydrogen) atoms. The summed E-state index contributed by atoms with van der Waals surface area (Å²) in [6, 6.07) is 15.3. The predicted molar refractivity (Wildman–Crippen MR) is 129 cm³/mol. The van der Waals surface area contributed by atoms with Crippen LogP contribution < -0.4 is 20.1 Å². The SMILES string of the molecule is Cc1ccc(-c2ccc3c(c2)OCO3)cc1NC(=O)COCC(=O)Nc1ccc(Cl)cc1C(=O)O. The number of hydrogen-bond donors (Lipinski definition) is 3. The van der Waals surface area contributed by atoms with Crippen molar-refractivity contribution in [3.8, 4) is 22.6 Å². The summed E-state index contributed by atoms with van der Waals surface area (Å²) in [6.07, 6.45) is 0. The molecule has 1 aliphatic heterocycles. The van der Waals surface area contributed by atoms with Gasteiger partial charge in [0, 0.05) is 10.7 Å². The van der Waals surface area contributed by atoms with Gasteiger partial charge in [-0.2, -0.15) is 0 Å². The zero-order valence-corrected chi connectivity index (χ0v) is 19.3. The first-order valence-corrected chi connectivity index (χ1v) is 10.9. The number of carbonyl (C=O) groups excluding carboxylic acids is 2. The van der Waals surface area contributed by atoms with Crippen molar-refractivity contribution in [3.05, 3.63) is 70.7 Å². The normalized spacial score (nSPS) is 11.7. The van der Waals surface area contributed by atoms with Gasteiger partial charge in [-0.3, -0.25) is 9.59 Å². The fraction of sp³-hybridized carbons (Fsp3) is 0.160. The molecule has 1 aliphatic rings. The molecule has 0 saturated carbocycles. The molecular weight excluding hydrogens is 476 g/mol. The average molecular weight is 497 g/mol. The van der Waals surface area contributed by atoms with Gasteiger partial charge in [0.1, 0.15) is 13.2 Å². The Bertz CT molecular complexity index is 1310. The maximum Gasteiger partial charge on any atom is 0.337 e. The maximum atomic E-state index is 12.4. The second-order valence-electron chi connectivity index (χ2n) is 7.68.